The predicted molar refractivity (Wildman–Crippen MR) is 84.8 cm³/mol. The number of anilines is 1. The second-order valence-corrected chi connectivity index (χ2v) is 4.91. The van der Waals surface area contributed by atoms with Crippen molar-refractivity contribution < 1.29 is 14.6 Å². The SMILES string of the molecule is CC[C@H](C(=O)Nc1cnccc1CO)c1ccc(OC)cc1. The summed E-state index contributed by atoms with van der Waals surface area (Å²) in [5.41, 5.74) is 2.12. The molecule has 0 aliphatic carbocycles. The first-order valence-corrected chi connectivity index (χ1v) is 7.18. The molecule has 1 aromatic heterocycles. The maximum Gasteiger partial charge on any atom is 0.231 e. The highest BCUT2D eigenvalue weighted by Crippen LogP contribution is 2.24. The summed E-state index contributed by atoms with van der Waals surface area (Å²) in [5.74, 6) is 0.377. The van der Waals surface area contributed by atoms with Gasteiger partial charge in [-0.2, -0.15) is 0 Å². The van der Waals surface area contributed by atoms with E-state index in [-0.39, 0.29) is 18.4 Å². The van der Waals surface area contributed by atoms with E-state index in [0.29, 0.717) is 17.7 Å². The van der Waals surface area contributed by atoms with Gasteiger partial charge in [0, 0.05) is 11.8 Å². The van der Waals surface area contributed by atoms with Gasteiger partial charge in [0.2, 0.25) is 5.91 Å². The number of rotatable bonds is 6. The van der Waals surface area contributed by atoms with E-state index in [4.69, 9.17) is 4.74 Å². The number of carbonyl (C=O) groups is 1. The fourth-order valence-electron chi connectivity index (χ4n) is 2.30. The van der Waals surface area contributed by atoms with Gasteiger partial charge < -0.3 is 15.2 Å². The average molecular weight is 300 g/mol. The monoisotopic (exact) mass is 300 g/mol. The number of amides is 1. The van der Waals surface area contributed by atoms with Gasteiger partial charge in [0.1, 0.15) is 5.75 Å². The maximum atomic E-state index is 12.5. The minimum Gasteiger partial charge on any atom is -0.497 e. The molecule has 0 bridgehead atoms. The predicted octanol–water partition coefficient (Wildman–Crippen LogP) is 2.71. The maximum absolute atomic E-state index is 12.5. The Kier molecular flexibility index (Phi) is 5.49. The normalized spacial score (nSPS) is 11.8. The van der Waals surface area contributed by atoms with Gasteiger partial charge >= 0.3 is 0 Å². The molecule has 0 aliphatic heterocycles. The largest absolute Gasteiger partial charge is 0.497 e. The molecular weight excluding hydrogens is 280 g/mol. The van der Waals surface area contributed by atoms with Crippen molar-refractivity contribution in [1.29, 1.82) is 0 Å². The van der Waals surface area contributed by atoms with E-state index in [2.05, 4.69) is 10.3 Å². The lowest BCUT2D eigenvalue weighted by Crippen LogP contribution is -2.21. The van der Waals surface area contributed by atoms with Crippen molar-refractivity contribution in [3.05, 3.63) is 53.9 Å². The summed E-state index contributed by atoms with van der Waals surface area (Å²) >= 11 is 0. The molecule has 5 heteroatoms. The highest BCUT2D eigenvalue weighted by molar-refractivity contribution is 5.96. The third kappa shape index (κ3) is 3.62. The number of hydrogen-bond donors (Lipinski definition) is 2. The molecule has 0 aliphatic rings. The lowest BCUT2D eigenvalue weighted by Gasteiger charge is -2.17. The molecule has 1 heterocycles. The lowest BCUT2D eigenvalue weighted by atomic mass is 9.95. The number of pyridine rings is 1. The van der Waals surface area contributed by atoms with Crippen molar-refractivity contribution in [2.45, 2.75) is 25.9 Å². The first-order valence-electron chi connectivity index (χ1n) is 7.18. The summed E-state index contributed by atoms with van der Waals surface area (Å²) in [4.78, 5) is 16.5. The molecule has 22 heavy (non-hydrogen) atoms. The van der Waals surface area contributed by atoms with Crippen LogP contribution < -0.4 is 10.1 Å². The summed E-state index contributed by atoms with van der Waals surface area (Å²) in [6.45, 7) is 1.82. The molecule has 116 valence electrons. The molecular formula is C17H20N2O3. The van der Waals surface area contributed by atoms with Gasteiger partial charge in [-0.1, -0.05) is 19.1 Å². The number of aliphatic hydroxyl groups excluding tert-OH is 1. The van der Waals surface area contributed by atoms with Crippen molar-refractivity contribution >= 4 is 11.6 Å². The van der Waals surface area contributed by atoms with Crippen molar-refractivity contribution in [3.63, 3.8) is 0 Å². The van der Waals surface area contributed by atoms with E-state index >= 15 is 0 Å². The van der Waals surface area contributed by atoms with Crippen LogP contribution in [-0.2, 0) is 11.4 Å². The average Bonchev–Trinajstić information content (AvgIpc) is 2.56. The Balaban J connectivity index is 2.17. The van der Waals surface area contributed by atoms with Gasteiger partial charge in [-0.3, -0.25) is 9.78 Å². The van der Waals surface area contributed by atoms with Gasteiger partial charge in [-0.25, -0.2) is 0 Å². The highest BCUT2D eigenvalue weighted by atomic mass is 16.5. The molecule has 2 rings (SSSR count). The summed E-state index contributed by atoms with van der Waals surface area (Å²) in [6.07, 6.45) is 3.80. The number of nitrogens with one attached hydrogen (secondary N) is 1. The van der Waals surface area contributed by atoms with Crippen LogP contribution in [0.5, 0.6) is 5.75 Å². The number of benzene rings is 1. The molecule has 2 aromatic rings. The first-order chi connectivity index (χ1) is 10.7. The number of hydrogen-bond acceptors (Lipinski definition) is 4. The van der Waals surface area contributed by atoms with E-state index < -0.39 is 0 Å². The molecule has 0 unspecified atom stereocenters. The minimum absolute atomic E-state index is 0.115. The van der Waals surface area contributed by atoms with Crippen LogP contribution in [0.1, 0.15) is 30.4 Å². The second kappa shape index (κ2) is 7.56. The van der Waals surface area contributed by atoms with Crippen LogP contribution in [0.4, 0.5) is 5.69 Å². The molecule has 0 fully saturated rings. The molecule has 1 aromatic carbocycles. The van der Waals surface area contributed by atoms with Crippen LogP contribution >= 0.6 is 0 Å². The standard InChI is InChI=1S/C17H20N2O3/c1-3-15(12-4-6-14(22-2)7-5-12)17(21)19-16-10-18-9-8-13(16)11-20/h4-10,15,20H,3,11H2,1-2H3,(H,19,21)/t15-/m0/s1. The van der Waals surface area contributed by atoms with Crippen LogP contribution in [0.2, 0.25) is 0 Å². The fourth-order valence-corrected chi connectivity index (χ4v) is 2.30. The zero-order valence-electron chi connectivity index (χ0n) is 12.7. The Morgan fingerprint density at radius 3 is 2.64 bits per heavy atom. The summed E-state index contributed by atoms with van der Waals surface area (Å²) < 4.78 is 5.13. The quantitative estimate of drug-likeness (QED) is 0.860. The van der Waals surface area contributed by atoms with Crippen LogP contribution in [-0.4, -0.2) is 23.1 Å². The van der Waals surface area contributed by atoms with E-state index in [1.54, 1.807) is 25.6 Å². The Labute approximate surface area is 130 Å². The fraction of sp³-hybridized carbons (Fsp3) is 0.294. The smallest absolute Gasteiger partial charge is 0.231 e. The zero-order valence-corrected chi connectivity index (χ0v) is 12.7. The van der Waals surface area contributed by atoms with Gasteiger partial charge in [0.05, 0.1) is 31.5 Å². The highest BCUT2D eigenvalue weighted by Gasteiger charge is 2.19. The number of ether oxygens (including phenoxy) is 1. The molecule has 2 N–H and O–H groups in total. The number of methoxy groups -OCH3 is 1. The zero-order chi connectivity index (χ0) is 15.9. The van der Waals surface area contributed by atoms with Crippen LogP contribution in [0.15, 0.2) is 42.7 Å². The Morgan fingerprint density at radius 1 is 1.32 bits per heavy atom. The molecule has 0 saturated heterocycles. The first kappa shape index (κ1) is 16.0. The van der Waals surface area contributed by atoms with E-state index in [9.17, 15) is 9.90 Å². The number of carbonyl (C=O) groups excluding carboxylic acids is 1. The summed E-state index contributed by atoms with van der Waals surface area (Å²) in [6, 6.07) is 9.15. The Hall–Kier alpha value is -2.40. The van der Waals surface area contributed by atoms with Crippen molar-refractivity contribution in [3.8, 4) is 5.75 Å². The Bertz CT molecular complexity index is 626. The number of nitrogens with zero attached hydrogens (tertiary/aromatic N) is 1. The van der Waals surface area contributed by atoms with Gasteiger partial charge in [-0.05, 0) is 30.2 Å². The molecule has 5 nitrogen and oxygen atoms in total. The van der Waals surface area contributed by atoms with Crippen molar-refractivity contribution in [2.24, 2.45) is 0 Å². The van der Waals surface area contributed by atoms with Crippen molar-refractivity contribution in [1.82, 2.24) is 4.98 Å². The molecule has 0 radical (unpaired) electrons. The van der Waals surface area contributed by atoms with E-state index in [0.717, 1.165) is 11.3 Å². The molecule has 1 atom stereocenters. The van der Waals surface area contributed by atoms with Gasteiger partial charge in [-0.15, -0.1) is 0 Å². The molecule has 0 saturated carbocycles. The van der Waals surface area contributed by atoms with Gasteiger partial charge in [0.15, 0.2) is 0 Å². The van der Waals surface area contributed by atoms with Crippen LogP contribution in [0.3, 0.4) is 0 Å². The third-order valence-corrected chi connectivity index (χ3v) is 3.58. The van der Waals surface area contributed by atoms with Crippen LogP contribution in [0, 0.1) is 0 Å². The molecule has 1 amide bonds. The van der Waals surface area contributed by atoms with Crippen molar-refractivity contribution in [2.75, 3.05) is 12.4 Å². The lowest BCUT2D eigenvalue weighted by molar-refractivity contribution is -0.117. The Morgan fingerprint density at radius 2 is 2.05 bits per heavy atom. The third-order valence-electron chi connectivity index (χ3n) is 3.58. The summed E-state index contributed by atoms with van der Waals surface area (Å²) in [7, 11) is 1.61. The molecule has 0 spiro atoms. The minimum atomic E-state index is -0.266. The van der Waals surface area contributed by atoms with Gasteiger partial charge in [0.25, 0.3) is 0 Å². The second-order valence-electron chi connectivity index (χ2n) is 4.91. The topological polar surface area (TPSA) is 71.5 Å². The number of aliphatic hydroxyl groups is 1. The number of aromatic nitrogens is 1. The van der Waals surface area contributed by atoms with E-state index in [1.807, 2.05) is 31.2 Å². The van der Waals surface area contributed by atoms with Crippen LogP contribution in [0.25, 0.3) is 0 Å². The van der Waals surface area contributed by atoms with E-state index in [1.165, 1.54) is 0 Å². The summed E-state index contributed by atoms with van der Waals surface area (Å²) in [5, 5.41) is 12.2.